The minimum absolute atomic E-state index is 0.448. The molecule has 1 saturated heterocycles. The quantitative estimate of drug-likeness (QED) is 0.831. The third-order valence-corrected chi connectivity index (χ3v) is 3.88. The Bertz CT molecular complexity index is 345. The zero-order chi connectivity index (χ0) is 12.8. The van der Waals surface area contributed by atoms with Gasteiger partial charge in [-0.05, 0) is 38.4 Å². The molecule has 1 aliphatic rings. The molecule has 0 spiro atoms. The number of nitrogens with zero attached hydrogens (tertiary/aromatic N) is 1. The van der Waals surface area contributed by atoms with E-state index in [0.29, 0.717) is 0 Å². The van der Waals surface area contributed by atoms with E-state index in [-0.39, 0.29) is 0 Å². The lowest BCUT2D eigenvalue weighted by atomic mass is 9.88. The topological polar surface area (TPSA) is 35.5 Å². The number of aliphatic hydroxyl groups is 1. The molecule has 0 radical (unpaired) electrons. The highest BCUT2D eigenvalue weighted by Crippen LogP contribution is 2.26. The zero-order valence-corrected chi connectivity index (χ0v) is 11.2. The molecule has 0 saturated carbocycles. The minimum atomic E-state index is -0.448. The molecular formula is C15H24N2O. The molecule has 2 N–H and O–H groups in total. The molecular weight excluding hydrogens is 224 g/mol. The zero-order valence-electron chi connectivity index (χ0n) is 11.2. The second-order valence-electron chi connectivity index (χ2n) is 5.34. The Hall–Kier alpha value is -0.900. The summed E-state index contributed by atoms with van der Waals surface area (Å²) in [4.78, 5) is 2.43. The fourth-order valence-electron chi connectivity index (χ4n) is 2.58. The number of hydrogen-bond acceptors (Lipinski definition) is 3. The van der Waals surface area contributed by atoms with Gasteiger partial charge in [0.1, 0.15) is 0 Å². The van der Waals surface area contributed by atoms with Crippen molar-refractivity contribution in [2.75, 3.05) is 26.7 Å². The highest BCUT2D eigenvalue weighted by atomic mass is 16.3. The summed E-state index contributed by atoms with van der Waals surface area (Å²) in [6.45, 7) is 3.89. The van der Waals surface area contributed by atoms with Crippen molar-refractivity contribution in [3.63, 3.8) is 0 Å². The summed E-state index contributed by atoms with van der Waals surface area (Å²) in [6.07, 6.45) is 2.64. The number of nitrogens with one attached hydrogen (secondary N) is 1. The molecule has 1 aromatic rings. The smallest absolute Gasteiger partial charge is 0.0684 e. The lowest BCUT2D eigenvalue weighted by Crippen LogP contribution is -2.45. The van der Waals surface area contributed by atoms with Gasteiger partial charge in [-0.3, -0.25) is 4.90 Å². The summed E-state index contributed by atoms with van der Waals surface area (Å²) >= 11 is 0. The van der Waals surface area contributed by atoms with Gasteiger partial charge in [0.05, 0.1) is 5.60 Å². The number of likely N-dealkylation sites (tertiary alicyclic amines) is 1. The summed E-state index contributed by atoms with van der Waals surface area (Å²) in [5.41, 5.74) is 0.911. The van der Waals surface area contributed by atoms with Gasteiger partial charge in [-0.25, -0.2) is 0 Å². The van der Waals surface area contributed by atoms with Gasteiger partial charge in [0.25, 0.3) is 0 Å². The standard InChI is InChI=1S/C15H24N2O/c1-16-10-7-15(18)8-11-17(12-9-15)13-14-5-3-2-4-6-14/h2-6,16,18H,7-13H2,1H3. The fraction of sp³-hybridized carbons (Fsp3) is 0.600. The number of hydrogen-bond donors (Lipinski definition) is 2. The Morgan fingerprint density at radius 3 is 2.50 bits per heavy atom. The van der Waals surface area contributed by atoms with Crippen LogP contribution in [0.2, 0.25) is 0 Å². The van der Waals surface area contributed by atoms with Crippen LogP contribution in [0.3, 0.4) is 0 Å². The summed E-state index contributed by atoms with van der Waals surface area (Å²) in [6, 6.07) is 10.6. The maximum atomic E-state index is 10.4. The lowest BCUT2D eigenvalue weighted by Gasteiger charge is -2.38. The Morgan fingerprint density at radius 1 is 1.22 bits per heavy atom. The van der Waals surface area contributed by atoms with Crippen LogP contribution < -0.4 is 5.32 Å². The normalized spacial score (nSPS) is 19.9. The first-order valence-corrected chi connectivity index (χ1v) is 6.85. The molecule has 1 aromatic carbocycles. The van der Waals surface area contributed by atoms with E-state index in [4.69, 9.17) is 0 Å². The first-order valence-electron chi connectivity index (χ1n) is 6.85. The van der Waals surface area contributed by atoms with Crippen LogP contribution in [-0.4, -0.2) is 42.3 Å². The van der Waals surface area contributed by atoms with E-state index in [9.17, 15) is 5.11 Å². The van der Waals surface area contributed by atoms with E-state index in [1.165, 1.54) is 5.56 Å². The SMILES string of the molecule is CNCCC1(O)CCN(Cc2ccccc2)CC1. The van der Waals surface area contributed by atoms with Gasteiger partial charge in [0.15, 0.2) is 0 Å². The predicted molar refractivity (Wildman–Crippen MR) is 74.4 cm³/mol. The maximum Gasteiger partial charge on any atom is 0.0684 e. The molecule has 1 fully saturated rings. The Kier molecular flexibility index (Phi) is 4.75. The maximum absolute atomic E-state index is 10.4. The van der Waals surface area contributed by atoms with Crippen LogP contribution >= 0.6 is 0 Å². The second kappa shape index (κ2) is 6.32. The minimum Gasteiger partial charge on any atom is -0.390 e. The lowest BCUT2D eigenvalue weighted by molar-refractivity contribution is -0.0285. The van der Waals surface area contributed by atoms with Crippen LogP contribution in [0.1, 0.15) is 24.8 Å². The molecule has 3 heteroatoms. The highest BCUT2D eigenvalue weighted by Gasteiger charge is 2.31. The molecule has 2 rings (SSSR count). The van der Waals surface area contributed by atoms with E-state index >= 15 is 0 Å². The number of piperidine rings is 1. The van der Waals surface area contributed by atoms with E-state index in [2.05, 4.69) is 40.5 Å². The van der Waals surface area contributed by atoms with Crippen molar-refractivity contribution in [1.82, 2.24) is 10.2 Å². The Morgan fingerprint density at radius 2 is 1.89 bits per heavy atom. The van der Waals surface area contributed by atoms with Gasteiger partial charge in [0, 0.05) is 19.6 Å². The summed E-state index contributed by atoms with van der Waals surface area (Å²) < 4.78 is 0. The van der Waals surface area contributed by atoms with Crippen LogP contribution in [-0.2, 0) is 6.54 Å². The van der Waals surface area contributed by atoms with Crippen molar-refractivity contribution >= 4 is 0 Å². The number of rotatable bonds is 5. The molecule has 0 amide bonds. The van der Waals surface area contributed by atoms with Crippen molar-refractivity contribution < 1.29 is 5.11 Å². The molecule has 0 bridgehead atoms. The average Bonchev–Trinajstić information content (AvgIpc) is 2.41. The van der Waals surface area contributed by atoms with Gasteiger partial charge >= 0.3 is 0 Å². The van der Waals surface area contributed by atoms with Crippen molar-refractivity contribution in [1.29, 1.82) is 0 Å². The van der Waals surface area contributed by atoms with E-state index in [1.807, 2.05) is 7.05 Å². The van der Waals surface area contributed by atoms with Gasteiger partial charge in [0.2, 0.25) is 0 Å². The largest absolute Gasteiger partial charge is 0.390 e. The summed E-state index contributed by atoms with van der Waals surface area (Å²) in [7, 11) is 1.94. The Balaban J connectivity index is 1.80. The van der Waals surface area contributed by atoms with E-state index in [0.717, 1.165) is 45.4 Å². The molecule has 0 aliphatic carbocycles. The average molecular weight is 248 g/mol. The van der Waals surface area contributed by atoms with Crippen molar-refractivity contribution in [2.24, 2.45) is 0 Å². The van der Waals surface area contributed by atoms with Gasteiger partial charge in [-0.2, -0.15) is 0 Å². The second-order valence-corrected chi connectivity index (χ2v) is 5.34. The van der Waals surface area contributed by atoms with Gasteiger partial charge in [-0.1, -0.05) is 30.3 Å². The number of benzene rings is 1. The van der Waals surface area contributed by atoms with Crippen molar-refractivity contribution in [3.8, 4) is 0 Å². The molecule has 1 aliphatic heterocycles. The highest BCUT2D eigenvalue weighted by molar-refractivity contribution is 5.14. The molecule has 0 atom stereocenters. The van der Waals surface area contributed by atoms with Crippen molar-refractivity contribution in [3.05, 3.63) is 35.9 Å². The third-order valence-electron chi connectivity index (χ3n) is 3.88. The monoisotopic (exact) mass is 248 g/mol. The van der Waals surface area contributed by atoms with Crippen LogP contribution in [0.25, 0.3) is 0 Å². The van der Waals surface area contributed by atoms with E-state index in [1.54, 1.807) is 0 Å². The molecule has 1 heterocycles. The van der Waals surface area contributed by atoms with Crippen LogP contribution in [0.5, 0.6) is 0 Å². The van der Waals surface area contributed by atoms with E-state index < -0.39 is 5.60 Å². The van der Waals surface area contributed by atoms with Gasteiger partial charge in [-0.15, -0.1) is 0 Å². The predicted octanol–water partition coefficient (Wildman–Crippen LogP) is 1.62. The molecule has 3 nitrogen and oxygen atoms in total. The first kappa shape index (κ1) is 13.5. The molecule has 18 heavy (non-hydrogen) atoms. The third kappa shape index (κ3) is 3.80. The summed E-state index contributed by atoms with van der Waals surface area (Å²) in [5.74, 6) is 0. The van der Waals surface area contributed by atoms with Crippen LogP contribution in [0.15, 0.2) is 30.3 Å². The molecule has 100 valence electrons. The van der Waals surface area contributed by atoms with Crippen LogP contribution in [0.4, 0.5) is 0 Å². The van der Waals surface area contributed by atoms with Gasteiger partial charge < -0.3 is 10.4 Å². The fourth-order valence-corrected chi connectivity index (χ4v) is 2.58. The molecule has 0 unspecified atom stereocenters. The van der Waals surface area contributed by atoms with Crippen LogP contribution in [0, 0.1) is 0 Å². The molecule has 0 aromatic heterocycles. The first-order chi connectivity index (χ1) is 8.72. The Labute approximate surface area is 110 Å². The summed E-state index contributed by atoms with van der Waals surface area (Å²) in [5, 5.41) is 13.5. The van der Waals surface area contributed by atoms with Crippen molar-refractivity contribution in [2.45, 2.75) is 31.4 Å².